The first-order chi connectivity index (χ1) is 10.6. The second-order valence-corrected chi connectivity index (χ2v) is 9.27. The average Bonchev–Trinajstić information content (AvgIpc) is 2.98. The van der Waals surface area contributed by atoms with E-state index in [2.05, 4.69) is 80.9 Å². The van der Waals surface area contributed by atoms with Gasteiger partial charge >= 0.3 is 0 Å². The summed E-state index contributed by atoms with van der Waals surface area (Å²) in [6.07, 6.45) is 0. The quantitative estimate of drug-likeness (QED) is 0.657. The lowest BCUT2D eigenvalue weighted by Gasteiger charge is -2.39. The molecule has 2 heterocycles. The molecule has 2 aliphatic heterocycles. The van der Waals surface area contributed by atoms with Gasteiger partial charge in [0.2, 0.25) is 0 Å². The number of nitrogens with zero attached hydrogens (tertiary/aromatic N) is 1. The Labute approximate surface area is 135 Å². The van der Waals surface area contributed by atoms with E-state index in [4.69, 9.17) is 0 Å². The van der Waals surface area contributed by atoms with Gasteiger partial charge in [0.05, 0.1) is 0 Å². The molecule has 114 valence electrons. The summed E-state index contributed by atoms with van der Waals surface area (Å²) in [4.78, 5) is 0. The van der Waals surface area contributed by atoms with Crippen LogP contribution in [0.3, 0.4) is 0 Å². The number of hydrogen-bond acceptors (Lipinski definition) is 1. The zero-order chi connectivity index (χ0) is 15.4. The molecule has 2 heteroatoms. The van der Waals surface area contributed by atoms with E-state index in [1.165, 1.54) is 0 Å². The molecule has 1 nitrogen and oxygen atoms in total. The normalized spacial score (nSPS) is 25.1. The van der Waals surface area contributed by atoms with Crippen molar-refractivity contribution in [2.75, 3.05) is 0 Å². The minimum atomic E-state index is -0.219. The summed E-state index contributed by atoms with van der Waals surface area (Å²) >= 11 is 0. The molecule has 22 heavy (non-hydrogen) atoms. The van der Waals surface area contributed by atoms with Gasteiger partial charge in [-0.2, -0.15) is 0 Å². The van der Waals surface area contributed by atoms with Gasteiger partial charge in [-0.3, -0.25) is 4.67 Å². The maximum Gasteiger partial charge on any atom is 0.0439 e. The molecule has 0 saturated heterocycles. The monoisotopic (exact) mass is 309 g/mol. The van der Waals surface area contributed by atoms with Crippen LogP contribution in [0.25, 0.3) is 0 Å². The van der Waals surface area contributed by atoms with E-state index >= 15 is 0 Å². The van der Waals surface area contributed by atoms with Gasteiger partial charge in [0.1, 0.15) is 0 Å². The summed E-state index contributed by atoms with van der Waals surface area (Å²) in [5, 5.41) is 0. The summed E-state index contributed by atoms with van der Waals surface area (Å²) in [5.41, 5.74) is 7.56. The third-order valence-corrected chi connectivity index (χ3v) is 8.65. The lowest BCUT2D eigenvalue weighted by atomic mass is 9.86. The highest BCUT2D eigenvalue weighted by molar-refractivity contribution is 7.57. The van der Waals surface area contributed by atoms with E-state index in [1.54, 1.807) is 22.3 Å². The molecule has 0 N–H and O–H groups in total. The minimum Gasteiger partial charge on any atom is -0.275 e. The van der Waals surface area contributed by atoms with Crippen LogP contribution in [-0.2, 0) is 0 Å². The van der Waals surface area contributed by atoms with Crippen LogP contribution in [0.15, 0.2) is 48.5 Å². The highest BCUT2D eigenvalue weighted by Crippen LogP contribution is 2.79. The van der Waals surface area contributed by atoms with E-state index in [9.17, 15) is 0 Å². The van der Waals surface area contributed by atoms with E-state index in [0.717, 1.165) is 0 Å². The van der Waals surface area contributed by atoms with Crippen LogP contribution < -0.4 is 0 Å². The Morgan fingerprint density at radius 3 is 1.27 bits per heavy atom. The van der Waals surface area contributed by atoms with Crippen molar-refractivity contribution in [2.45, 2.75) is 51.1 Å². The largest absolute Gasteiger partial charge is 0.275 e. The smallest absolute Gasteiger partial charge is 0.0439 e. The zero-order valence-corrected chi connectivity index (χ0v) is 14.7. The lowest BCUT2D eigenvalue weighted by Crippen LogP contribution is -2.33. The molecule has 0 atom stereocenters. The summed E-state index contributed by atoms with van der Waals surface area (Å²) in [6, 6.07) is 19.5. The van der Waals surface area contributed by atoms with Crippen LogP contribution in [0.1, 0.15) is 61.3 Å². The molecule has 0 spiro atoms. The molecule has 2 aromatic carbocycles. The third-order valence-electron chi connectivity index (χ3n) is 5.02. The van der Waals surface area contributed by atoms with E-state index < -0.39 is 0 Å². The van der Waals surface area contributed by atoms with Crippen molar-refractivity contribution in [3.05, 3.63) is 70.8 Å². The Bertz CT molecular complexity index is 601. The van der Waals surface area contributed by atoms with Crippen molar-refractivity contribution in [3.63, 3.8) is 0 Å². The van der Waals surface area contributed by atoms with Gasteiger partial charge < -0.3 is 0 Å². The molecule has 0 fully saturated rings. The van der Waals surface area contributed by atoms with E-state index in [1.807, 2.05) is 0 Å². The molecule has 4 rings (SSSR count). The predicted octanol–water partition coefficient (Wildman–Crippen LogP) is 5.71. The second-order valence-electron chi connectivity index (χ2n) is 7.01. The van der Waals surface area contributed by atoms with Crippen LogP contribution in [0, 0.1) is 0 Å². The van der Waals surface area contributed by atoms with Crippen molar-refractivity contribution < 1.29 is 0 Å². The first-order valence-electron chi connectivity index (χ1n) is 8.35. The molecule has 0 aliphatic carbocycles. The fourth-order valence-corrected chi connectivity index (χ4v) is 8.45. The second kappa shape index (κ2) is 5.18. The molecule has 0 aromatic heterocycles. The van der Waals surface area contributed by atoms with Crippen LogP contribution in [0.4, 0.5) is 0 Å². The van der Waals surface area contributed by atoms with E-state index in [0.29, 0.717) is 23.4 Å². The van der Waals surface area contributed by atoms with Gasteiger partial charge in [-0.1, -0.05) is 48.5 Å². The Balaban J connectivity index is 1.90. The summed E-state index contributed by atoms with van der Waals surface area (Å²) in [7, 11) is -0.219. The number of hydrogen-bond donors (Lipinski definition) is 0. The Morgan fingerprint density at radius 2 is 1.00 bits per heavy atom. The molecular weight excluding hydrogens is 285 g/mol. The maximum atomic E-state index is 2.80. The SMILES string of the molecule is CC(C)N(C(C)C)P1C2c3ccccc3C1c1ccccc12. The standard InChI is InChI=1S/C20H24NP/c1-13(2)21(14(3)4)22-19-15-9-5-6-10-16(15)20(22)18-12-8-7-11-17(18)19/h5-14,19-20H,1-4H3. The molecule has 0 amide bonds. The molecule has 2 aromatic rings. The highest BCUT2D eigenvalue weighted by atomic mass is 31.1. The fourth-order valence-electron chi connectivity index (χ4n) is 4.47. The molecule has 0 saturated carbocycles. The molecule has 0 unspecified atom stereocenters. The minimum absolute atomic E-state index is 0.219. The fraction of sp³-hybridized carbons (Fsp3) is 0.400. The van der Waals surface area contributed by atoms with Crippen molar-refractivity contribution in [1.29, 1.82) is 0 Å². The first kappa shape index (κ1) is 14.4. The van der Waals surface area contributed by atoms with Crippen LogP contribution in [0.5, 0.6) is 0 Å². The van der Waals surface area contributed by atoms with Gasteiger partial charge in [-0.05, 0) is 58.0 Å². The number of benzene rings is 2. The average molecular weight is 309 g/mol. The lowest BCUT2D eigenvalue weighted by molar-refractivity contribution is 0.320. The van der Waals surface area contributed by atoms with E-state index in [-0.39, 0.29) is 8.07 Å². The summed E-state index contributed by atoms with van der Waals surface area (Å²) < 4.78 is 2.80. The molecular formula is C20H24NP. The van der Waals surface area contributed by atoms with Gasteiger partial charge in [-0.25, -0.2) is 0 Å². The zero-order valence-electron chi connectivity index (χ0n) is 13.8. The number of rotatable bonds is 3. The maximum absolute atomic E-state index is 2.80. The highest BCUT2D eigenvalue weighted by Gasteiger charge is 2.52. The van der Waals surface area contributed by atoms with Gasteiger partial charge in [-0.15, -0.1) is 0 Å². The van der Waals surface area contributed by atoms with Crippen molar-refractivity contribution in [3.8, 4) is 0 Å². The molecule has 2 bridgehead atoms. The third kappa shape index (κ3) is 1.85. The van der Waals surface area contributed by atoms with Crippen molar-refractivity contribution >= 4 is 8.07 Å². The Kier molecular flexibility index (Phi) is 3.40. The first-order valence-corrected chi connectivity index (χ1v) is 9.78. The predicted molar refractivity (Wildman–Crippen MR) is 95.6 cm³/mol. The van der Waals surface area contributed by atoms with Crippen molar-refractivity contribution in [1.82, 2.24) is 4.67 Å². The summed E-state index contributed by atoms with van der Waals surface area (Å²) in [5.74, 6) is 0. The van der Waals surface area contributed by atoms with Crippen LogP contribution in [-0.4, -0.2) is 16.8 Å². The molecule has 0 radical (unpaired) electrons. The topological polar surface area (TPSA) is 3.24 Å². The Morgan fingerprint density at radius 1 is 0.682 bits per heavy atom. The van der Waals surface area contributed by atoms with Crippen molar-refractivity contribution in [2.24, 2.45) is 0 Å². The summed E-state index contributed by atoms with van der Waals surface area (Å²) in [6.45, 7) is 9.43. The molecule has 2 aliphatic rings. The van der Waals surface area contributed by atoms with Gasteiger partial charge in [0, 0.05) is 23.4 Å². The van der Waals surface area contributed by atoms with Gasteiger partial charge in [0.25, 0.3) is 0 Å². The Hall–Kier alpha value is -1.17. The van der Waals surface area contributed by atoms with Gasteiger partial charge in [0.15, 0.2) is 0 Å². The number of fused-ring (bicyclic) bond motifs is 8. The van der Waals surface area contributed by atoms with Crippen LogP contribution in [0.2, 0.25) is 0 Å². The van der Waals surface area contributed by atoms with Crippen LogP contribution >= 0.6 is 8.07 Å².